The van der Waals surface area contributed by atoms with Crippen molar-refractivity contribution < 1.29 is 13.9 Å². The zero-order valence-corrected chi connectivity index (χ0v) is 13.4. The zero-order valence-electron chi connectivity index (χ0n) is 13.4. The molecule has 0 N–H and O–H groups in total. The summed E-state index contributed by atoms with van der Waals surface area (Å²) >= 11 is 0. The highest BCUT2D eigenvalue weighted by Gasteiger charge is 2.08. The van der Waals surface area contributed by atoms with Crippen molar-refractivity contribution in [3.05, 3.63) is 71.9 Å². The van der Waals surface area contributed by atoms with E-state index < -0.39 is 0 Å². The van der Waals surface area contributed by atoms with E-state index in [1.54, 1.807) is 24.6 Å². The van der Waals surface area contributed by atoms with Crippen molar-refractivity contribution in [2.24, 2.45) is 0 Å². The van der Waals surface area contributed by atoms with E-state index in [1.165, 1.54) is 4.68 Å². The molecule has 0 amide bonds. The number of hydrogen-bond acceptors (Lipinski definition) is 4. The number of hydrogen-bond donors (Lipinski definition) is 0. The highest BCUT2D eigenvalue weighted by molar-refractivity contribution is 5.80. The van der Waals surface area contributed by atoms with Crippen molar-refractivity contribution in [3.63, 3.8) is 0 Å². The van der Waals surface area contributed by atoms with Gasteiger partial charge in [0, 0.05) is 6.20 Å². The van der Waals surface area contributed by atoms with Gasteiger partial charge in [0.25, 0.3) is 5.91 Å². The van der Waals surface area contributed by atoms with Crippen molar-refractivity contribution in [1.29, 1.82) is 0 Å². The van der Waals surface area contributed by atoms with Crippen LogP contribution in [-0.2, 0) is 6.42 Å². The standard InChI is InChI=1S/C19H18N2O3/c1-2-23-18-8-5-15(6-9-18)14-19(22)21-12-11-16(20-21)7-10-17-4-3-13-24-17/h3-13H,2,14H2,1H3. The lowest BCUT2D eigenvalue weighted by molar-refractivity contribution is 0.0898. The van der Waals surface area contributed by atoms with Crippen molar-refractivity contribution >= 4 is 18.1 Å². The molecule has 0 atom stereocenters. The van der Waals surface area contributed by atoms with Gasteiger partial charge >= 0.3 is 0 Å². The third-order valence-electron chi connectivity index (χ3n) is 3.42. The lowest BCUT2D eigenvalue weighted by Gasteiger charge is -2.04. The summed E-state index contributed by atoms with van der Waals surface area (Å²) in [5.74, 6) is 1.46. The van der Waals surface area contributed by atoms with E-state index in [2.05, 4.69) is 5.10 Å². The Kier molecular flexibility index (Phi) is 4.91. The molecule has 0 bridgehead atoms. The third kappa shape index (κ3) is 4.01. The first-order chi connectivity index (χ1) is 11.7. The van der Waals surface area contributed by atoms with Crippen LogP contribution in [0.25, 0.3) is 12.2 Å². The molecule has 0 unspecified atom stereocenters. The third-order valence-corrected chi connectivity index (χ3v) is 3.42. The van der Waals surface area contributed by atoms with Crippen LogP contribution in [0.2, 0.25) is 0 Å². The van der Waals surface area contributed by atoms with Gasteiger partial charge < -0.3 is 9.15 Å². The van der Waals surface area contributed by atoms with Crippen LogP contribution in [0.3, 0.4) is 0 Å². The summed E-state index contributed by atoms with van der Waals surface area (Å²) in [6.07, 6.45) is 7.18. The smallest absolute Gasteiger partial charge is 0.251 e. The number of benzene rings is 1. The SMILES string of the molecule is CCOc1ccc(CC(=O)n2ccc(C=Cc3ccco3)n2)cc1. The molecule has 24 heavy (non-hydrogen) atoms. The van der Waals surface area contributed by atoms with Gasteiger partial charge in [0.15, 0.2) is 0 Å². The molecule has 122 valence electrons. The predicted octanol–water partition coefficient (Wildman–Crippen LogP) is 3.93. The molecule has 2 aromatic heterocycles. The first kappa shape index (κ1) is 15.8. The van der Waals surface area contributed by atoms with Crippen LogP contribution >= 0.6 is 0 Å². The van der Waals surface area contributed by atoms with E-state index in [9.17, 15) is 4.79 Å². The Morgan fingerprint density at radius 3 is 2.75 bits per heavy atom. The summed E-state index contributed by atoms with van der Waals surface area (Å²) < 4.78 is 12.0. The van der Waals surface area contributed by atoms with E-state index in [0.29, 0.717) is 12.3 Å². The van der Waals surface area contributed by atoms with Crippen LogP contribution in [0.5, 0.6) is 5.75 Å². The summed E-state index contributed by atoms with van der Waals surface area (Å²) in [6, 6.07) is 13.0. The van der Waals surface area contributed by atoms with Gasteiger partial charge in [-0.3, -0.25) is 4.79 Å². The van der Waals surface area contributed by atoms with Crippen LogP contribution < -0.4 is 4.74 Å². The number of carbonyl (C=O) groups is 1. The second-order valence-corrected chi connectivity index (χ2v) is 5.18. The minimum atomic E-state index is -0.0863. The highest BCUT2D eigenvalue weighted by atomic mass is 16.5. The molecule has 1 aromatic carbocycles. The van der Waals surface area contributed by atoms with Gasteiger partial charge in [-0.05, 0) is 55.0 Å². The summed E-state index contributed by atoms with van der Waals surface area (Å²) in [7, 11) is 0. The monoisotopic (exact) mass is 322 g/mol. The maximum atomic E-state index is 12.3. The summed E-state index contributed by atoms with van der Waals surface area (Å²) in [6.45, 7) is 2.56. The van der Waals surface area contributed by atoms with E-state index in [4.69, 9.17) is 9.15 Å². The lowest BCUT2D eigenvalue weighted by Crippen LogP contribution is -2.14. The molecule has 0 fully saturated rings. The van der Waals surface area contributed by atoms with E-state index in [0.717, 1.165) is 17.1 Å². The van der Waals surface area contributed by atoms with Gasteiger partial charge in [0.05, 0.1) is 25.0 Å². The molecule has 0 radical (unpaired) electrons. The van der Waals surface area contributed by atoms with Crippen molar-refractivity contribution in [2.75, 3.05) is 6.61 Å². The topological polar surface area (TPSA) is 57.3 Å². The Morgan fingerprint density at radius 2 is 2.04 bits per heavy atom. The Balaban J connectivity index is 1.63. The Hall–Kier alpha value is -3.08. The zero-order chi connectivity index (χ0) is 16.8. The molecular weight excluding hydrogens is 304 g/mol. The first-order valence-electron chi connectivity index (χ1n) is 7.77. The Labute approximate surface area is 140 Å². The van der Waals surface area contributed by atoms with Crippen molar-refractivity contribution in [3.8, 4) is 5.75 Å². The molecule has 2 heterocycles. The number of nitrogens with zero attached hydrogens (tertiary/aromatic N) is 2. The van der Waals surface area contributed by atoms with Crippen molar-refractivity contribution in [1.82, 2.24) is 9.78 Å². The first-order valence-corrected chi connectivity index (χ1v) is 7.77. The molecule has 0 aliphatic rings. The molecule has 3 aromatic rings. The van der Waals surface area contributed by atoms with Gasteiger partial charge in [-0.1, -0.05) is 12.1 Å². The lowest BCUT2D eigenvalue weighted by atomic mass is 10.1. The second kappa shape index (κ2) is 7.46. The Morgan fingerprint density at radius 1 is 1.21 bits per heavy atom. The molecule has 0 saturated carbocycles. The fourth-order valence-corrected chi connectivity index (χ4v) is 2.25. The summed E-state index contributed by atoms with van der Waals surface area (Å²) in [5, 5.41) is 4.27. The van der Waals surface area contributed by atoms with Gasteiger partial charge in [-0.15, -0.1) is 0 Å². The number of carbonyl (C=O) groups excluding carboxylic acids is 1. The van der Waals surface area contributed by atoms with Crippen LogP contribution in [0, 0.1) is 0 Å². The second-order valence-electron chi connectivity index (χ2n) is 5.18. The van der Waals surface area contributed by atoms with E-state index in [-0.39, 0.29) is 12.3 Å². The van der Waals surface area contributed by atoms with Crippen LogP contribution in [0.1, 0.15) is 28.7 Å². The minimum absolute atomic E-state index is 0.0863. The minimum Gasteiger partial charge on any atom is -0.494 e. The van der Waals surface area contributed by atoms with Crippen LogP contribution in [0.4, 0.5) is 0 Å². The average molecular weight is 322 g/mol. The van der Waals surface area contributed by atoms with Gasteiger partial charge in [0.2, 0.25) is 0 Å². The van der Waals surface area contributed by atoms with Crippen LogP contribution in [0.15, 0.2) is 59.3 Å². The number of furan rings is 1. The quantitative estimate of drug-likeness (QED) is 0.690. The fraction of sp³-hybridized carbons (Fsp3) is 0.158. The molecule has 5 nitrogen and oxygen atoms in total. The summed E-state index contributed by atoms with van der Waals surface area (Å²) in [5.41, 5.74) is 1.62. The maximum absolute atomic E-state index is 12.3. The van der Waals surface area contributed by atoms with Crippen molar-refractivity contribution in [2.45, 2.75) is 13.3 Å². The van der Waals surface area contributed by atoms with E-state index >= 15 is 0 Å². The van der Waals surface area contributed by atoms with Gasteiger partial charge in [0.1, 0.15) is 11.5 Å². The summed E-state index contributed by atoms with van der Waals surface area (Å²) in [4.78, 5) is 12.3. The normalized spacial score (nSPS) is 11.0. The molecule has 0 saturated heterocycles. The fourth-order valence-electron chi connectivity index (χ4n) is 2.25. The largest absolute Gasteiger partial charge is 0.494 e. The number of ether oxygens (including phenoxy) is 1. The van der Waals surface area contributed by atoms with Gasteiger partial charge in [-0.25, -0.2) is 4.68 Å². The molecule has 0 spiro atoms. The molecule has 0 aliphatic carbocycles. The van der Waals surface area contributed by atoms with E-state index in [1.807, 2.05) is 49.4 Å². The molecular formula is C19H18N2O3. The molecule has 3 rings (SSSR count). The average Bonchev–Trinajstić information content (AvgIpc) is 3.26. The Bertz CT molecular complexity index is 815. The number of rotatable bonds is 6. The maximum Gasteiger partial charge on any atom is 0.251 e. The van der Waals surface area contributed by atoms with Crippen LogP contribution in [-0.4, -0.2) is 22.3 Å². The van der Waals surface area contributed by atoms with Gasteiger partial charge in [-0.2, -0.15) is 5.10 Å². The molecule has 0 aliphatic heterocycles. The molecule has 5 heteroatoms. The predicted molar refractivity (Wildman–Crippen MR) is 91.8 cm³/mol. The number of aromatic nitrogens is 2. The highest BCUT2D eigenvalue weighted by Crippen LogP contribution is 2.13.